The van der Waals surface area contributed by atoms with E-state index < -0.39 is 0 Å². The lowest BCUT2D eigenvalue weighted by molar-refractivity contribution is -0.122. The third-order valence-corrected chi connectivity index (χ3v) is 4.41. The van der Waals surface area contributed by atoms with E-state index in [1.54, 1.807) is 0 Å². The Hall–Kier alpha value is -1.39. The van der Waals surface area contributed by atoms with E-state index >= 15 is 0 Å². The van der Waals surface area contributed by atoms with Gasteiger partial charge >= 0.3 is 0 Å². The molecule has 1 fully saturated rings. The summed E-state index contributed by atoms with van der Waals surface area (Å²) in [7, 11) is 0. The quantitative estimate of drug-likeness (QED) is 0.810. The number of benzene rings is 1. The van der Waals surface area contributed by atoms with Crippen LogP contribution in [0.4, 0.5) is 0 Å². The Bertz CT molecular complexity index is 552. The summed E-state index contributed by atoms with van der Waals surface area (Å²) in [6.07, 6.45) is 4.34. The molecular formula is C18H27ClN2O2. The molecule has 1 saturated carbocycles. The largest absolute Gasteiger partial charge is 0.353 e. The van der Waals surface area contributed by atoms with E-state index in [-0.39, 0.29) is 49.0 Å². The number of nitrogens with one attached hydrogen (secondary N) is 1. The number of hydrogen-bond donors (Lipinski definition) is 2. The van der Waals surface area contributed by atoms with Crippen LogP contribution in [-0.2, 0) is 4.79 Å². The van der Waals surface area contributed by atoms with Crippen molar-refractivity contribution >= 4 is 24.1 Å². The number of aryl methyl sites for hydroxylation is 2. The Kier molecular flexibility index (Phi) is 7.73. The van der Waals surface area contributed by atoms with Crippen LogP contribution in [0.1, 0.15) is 60.0 Å². The highest BCUT2D eigenvalue weighted by molar-refractivity contribution is 5.99. The van der Waals surface area contributed by atoms with Crippen LogP contribution in [0.5, 0.6) is 0 Å². The zero-order valence-corrected chi connectivity index (χ0v) is 14.7. The van der Waals surface area contributed by atoms with Gasteiger partial charge in [-0.2, -0.15) is 0 Å². The van der Waals surface area contributed by atoms with Crippen molar-refractivity contribution in [2.45, 2.75) is 64.5 Å². The summed E-state index contributed by atoms with van der Waals surface area (Å²) in [6, 6.07) is 6.35. The summed E-state index contributed by atoms with van der Waals surface area (Å²) in [5.74, 6) is 0.0149. The summed E-state index contributed by atoms with van der Waals surface area (Å²) >= 11 is 0. The van der Waals surface area contributed by atoms with Crippen molar-refractivity contribution in [1.29, 1.82) is 0 Å². The summed E-state index contributed by atoms with van der Waals surface area (Å²) < 4.78 is 0. The number of hydrogen-bond acceptors (Lipinski definition) is 3. The minimum Gasteiger partial charge on any atom is -0.353 e. The van der Waals surface area contributed by atoms with Gasteiger partial charge in [-0.3, -0.25) is 9.59 Å². The van der Waals surface area contributed by atoms with E-state index in [1.165, 1.54) is 0 Å². The molecule has 1 aromatic carbocycles. The van der Waals surface area contributed by atoms with Gasteiger partial charge in [-0.15, -0.1) is 12.4 Å². The van der Waals surface area contributed by atoms with E-state index in [2.05, 4.69) is 5.32 Å². The average molecular weight is 339 g/mol. The van der Waals surface area contributed by atoms with E-state index in [4.69, 9.17) is 5.73 Å². The van der Waals surface area contributed by atoms with Crippen molar-refractivity contribution in [2.24, 2.45) is 5.73 Å². The van der Waals surface area contributed by atoms with Crippen LogP contribution in [0.2, 0.25) is 0 Å². The zero-order valence-electron chi connectivity index (χ0n) is 13.9. The van der Waals surface area contributed by atoms with E-state index in [9.17, 15) is 9.59 Å². The normalized spacial score (nSPS) is 20.5. The Morgan fingerprint density at radius 2 is 1.78 bits per heavy atom. The first-order valence-electron chi connectivity index (χ1n) is 8.11. The number of carbonyl (C=O) groups excluding carboxylic acids is 2. The third kappa shape index (κ3) is 5.96. The Morgan fingerprint density at radius 3 is 2.43 bits per heavy atom. The van der Waals surface area contributed by atoms with Crippen LogP contribution in [-0.4, -0.2) is 23.8 Å². The van der Waals surface area contributed by atoms with E-state index in [1.807, 2.05) is 32.0 Å². The van der Waals surface area contributed by atoms with Gasteiger partial charge in [0.1, 0.15) is 0 Å². The van der Waals surface area contributed by atoms with Gasteiger partial charge in [0.05, 0.1) is 0 Å². The lowest BCUT2D eigenvalue weighted by atomic mass is 9.91. The molecule has 1 aliphatic rings. The molecule has 4 nitrogen and oxygen atoms in total. The maximum Gasteiger partial charge on any atom is 0.220 e. The third-order valence-electron chi connectivity index (χ3n) is 4.41. The fraction of sp³-hybridized carbons (Fsp3) is 0.556. The number of nitrogens with two attached hydrogens (primary N) is 1. The summed E-state index contributed by atoms with van der Waals surface area (Å²) in [5, 5.41) is 3.03. The highest BCUT2D eigenvalue weighted by atomic mass is 35.5. The first-order chi connectivity index (χ1) is 10.5. The number of carbonyl (C=O) groups is 2. The average Bonchev–Trinajstić information content (AvgIpc) is 2.49. The molecule has 0 aromatic heterocycles. The number of Topliss-reactive ketones (excluding diaryl/α,β-unsaturated/α-hetero) is 1. The first-order valence-corrected chi connectivity index (χ1v) is 8.11. The molecule has 1 aromatic rings. The molecule has 1 amide bonds. The lowest BCUT2D eigenvalue weighted by Crippen LogP contribution is -2.40. The van der Waals surface area contributed by atoms with Crippen molar-refractivity contribution in [3.05, 3.63) is 34.9 Å². The van der Waals surface area contributed by atoms with Crippen LogP contribution in [0.15, 0.2) is 18.2 Å². The molecule has 2 rings (SSSR count). The highest BCUT2D eigenvalue weighted by Gasteiger charge is 2.20. The van der Waals surface area contributed by atoms with Gasteiger partial charge in [0.25, 0.3) is 0 Å². The number of rotatable bonds is 5. The molecule has 0 spiro atoms. The second-order valence-electron chi connectivity index (χ2n) is 6.42. The van der Waals surface area contributed by atoms with Gasteiger partial charge in [-0.25, -0.2) is 0 Å². The van der Waals surface area contributed by atoms with Gasteiger partial charge < -0.3 is 11.1 Å². The molecule has 0 radical (unpaired) electrons. The second kappa shape index (κ2) is 9.04. The topological polar surface area (TPSA) is 72.2 Å². The van der Waals surface area contributed by atoms with Crippen LogP contribution in [0, 0.1) is 13.8 Å². The monoisotopic (exact) mass is 338 g/mol. The van der Waals surface area contributed by atoms with Crippen LogP contribution in [0.3, 0.4) is 0 Å². The Balaban J connectivity index is 0.00000264. The minimum atomic E-state index is -0.0286. The van der Waals surface area contributed by atoms with Crippen LogP contribution < -0.4 is 11.1 Å². The molecule has 23 heavy (non-hydrogen) atoms. The summed E-state index contributed by atoms with van der Waals surface area (Å²) in [5.41, 5.74) is 8.63. The van der Waals surface area contributed by atoms with Gasteiger partial charge in [-0.05, 0) is 51.2 Å². The first kappa shape index (κ1) is 19.7. The maximum absolute atomic E-state index is 12.3. The molecule has 0 unspecified atom stereocenters. The number of ketones is 1. The molecule has 1 aliphatic carbocycles. The predicted octanol–water partition coefficient (Wildman–Crippen LogP) is 3.07. The predicted molar refractivity (Wildman–Crippen MR) is 95.1 cm³/mol. The van der Waals surface area contributed by atoms with E-state index in [0.29, 0.717) is 0 Å². The SMILES string of the molecule is Cc1ccc(C)c(C(=O)CCC(=O)NC2CCC(N)CC2)c1.Cl. The molecule has 0 bridgehead atoms. The Labute approximate surface area is 144 Å². The van der Waals surface area contributed by atoms with Crippen LogP contribution in [0.25, 0.3) is 0 Å². The summed E-state index contributed by atoms with van der Waals surface area (Å²) in [4.78, 5) is 24.2. The minimum absolute atomic E-state index is 0. The second-order valence-corrected chi connectivity index (χ2v) is 6.42. The lowest BCUT2D eigenvalue weighted by Gasteiger charge is -2.26. The molecular weight excluding hydrogens is 312 g/mol. The number of amides is 1. The van der Waals surface area contributed by atoms with Crippen molar-refractivity contribution in [2.75, 3.05) is 0 Å². The molecule has 0 atom stereocenters. The van der Waals surface area contributed by atoms with Gasteiger partial charge in [0.15, 0.2) is 5.78 Å². The highest BCUT2D eigenvalue weighted by Crippen LogP contribution is 2.17. The maximum atomic E-state index is 12.3. The molecule has 0 aliphatic heterocycles. The zero-order chi connectivity index (χ0) is 16.1. The van der Waals surface area contributed by atoms with Crippen molar-refractivity contribution < 1.29 is 9.59 Å². The van der Waals surface area contributed by atoms with Crippen molar-refractivity contribution in [1.82, 2.24) is 5.32 Å². The fourth-order valence-electron chi connectivity index (χ4n) is 2.96. The van der Waals surface area contributed by atoms with Gasteiger partial charge in [-0.1, -0.05) is 17.7 Å². The fourth-order valence-corrected chi connectivity index (χ4v) is 2.96. The molecule has 3 N–H and O–H groups in total. The van der Waals surface area contributed by atoms with Gasteiger partial charge in [0.2, 0.25) is 5.91 Å². The van der Waals surface area contributed by atoms with Crippen LogP contribution >= 0.6 is 12.4 Å². The molecule has 0 saturated heterocycles. The Morgan fingerprint density at radius 1 is 1.13 bits per heavy atom. The molecule has 0 heterocycles. The molecule has 5 heteroatoms. The van der Waals surface area contributed by atoms with E-state index in [0.717, 1.165) is 42.4 Å². The molecule has 128 valence electrons. The van der Waals surface area contributed by atoms with Gasteiger partial charge in [0, 0.05) is 30.5 Å². The van der Waals surface area contributed by atoms with Crippen molar-refractivity contribution in [3.8, 4) is 0 Å². The standard InChI is InChI=1S/C18H26N2O2.ClH/c1-12-3-4-13(2)16(11-12)17(21)9-10-18(22)20-15-7-5-14(19)6-8-15;/h3-4,11,14-15H,5-10,19H2,1-2H3,(H,20,22);1H. The number of halogens is 1. The van der Waals surface area contributed by atoms with Crippen molar-refractivity contribution in [3.63, 3.8) is 0 Å². The summed E-state index contributed by atoms with van der Waals surface area (Å²) in [6.45, 7) is 3.90. The smallest absolute Gasteiger partial charge is 0.220 e.